The maximum Gasteiger partial charge on any atom is 0.346 e. The van der Waals surface area contributed by atoms with Crippen LogP contribution in [0.5, 0.6) is 5.75 Å². The summed E-state index contributed by atoms with van der Waals surface area (Å²) in [5, 5.41) is 3.02. The van der Waals surface area contributed by atoms with Crippen molar-refractivity contribution in [1.29, 1.82) is 0 Å². The highest BCUT2D eigenvalue weighted by molar-refractivity contribution is 7.52. The third kappa shape index (κ3) is 4.18. The van der Waals surface area contributed by atoms with E-state index in [1.165, 1.54) is 0 Å². The topological polar surface area (TPSA) is 78.8 Å². The Morgan fingerprint density at radius 2 is 1.59 bits per heavy atom. The Bertz CT molecular complexity index is 639. The summed E-state index contributed by atoms with van der Waals surface area (Å²) in [6.07, 6.45) is 0. The summed E-state index contributed by atoms with van der Waals surface area (Å²) < 4.78 is 16.9. The molecule has 2 aromatic carbocycles. The van der Waals surface area contributed by atoms with Gasteiger partial charge in [-0.2, -0.15) is 0 Å². The first-order valence-corrected chi connectivity index (χ1v) is 8.60. The molecule has 0 aliphatic heterocycles. The van der Waals surface area contributed by atoms with Crippen LogP contribution in [0, 0.1) is 0 Å². The van der Waals surface area contributed by atoms with Gasteiger partial charge in [0.15, 0.2) is 0 Å². The van der Waals surface area contributed by atoms with E-state index in [4.69, 9.17) is 4.74 Å². The van der Waals surface area contributed by atoms with Crippen molar-refractivity contribution >= 4 is 7.60 Å². The third-order valence-electron chi connectivity index (χ3n) is 3.48. The first-order chi connectivity index (χ1) is 10.4. The maximum atomic E-state index is 11.9. The van der Waals surface area contributed by atoms with Crippen molar-refractivity contribution in [2.75, 3.05) is 7.11 Å². The Morgan fingerprint density at radius 1 is 1.00 bits per heavy atom. The van der Waals surface area contributed by atoms with Crippen LogP contribution in [-0.2, 0) is 4.57 Å². The molecule has 22 heavy (non-hydrogen) atoms. The Balaban J connectivity index is 2.25. The Kier molecular flexibility index (Phi) is 5.37. The molecule has 0 aliphatic carbocycles. The second kappa shape index (κ2) is 7.07. The number of methoxy groups -OCH3 is 1. The van der Waals surface area contributed by atoms with Crippen LogP contribution in [0.2, 0.25) is 0 Å². The summed E-state index contributed by atoms with van der Waals surface area (Å²) in [5.41, 5.74) is 1.49. The van der Waals surface area contributed by atoms with Crippen LogP contribution in [0.15, 0.2) is 54.6 Å². The zero-order valence-electron chi connectivity index (χ0n) is 12.5. The molecule has 0 amide bonds. The van der Waals surface area contributed by atoms with E-state index >= 15 is 0 Å². The van der Waals surface area contributed by atoms with Crippen molar-refractivity contribution in [1.82, 2.24) is 5.32 Å². The molecule has 0 fully saturated rings. The molecule has 2 aromatic rings. The minimum atomic E-state index is -4.35. The number of benzene rings is 2. The number of rotatable bonds is 6. The Labute approximate surface area is 130 Å². The lowest BCUT2D eigenvalue weighted by molar-refractivity contribution is 0.341. The van der Waals surface area contributed by atoms with Gasteiger partial charge in [-0.1, -0.05) is 42.5 Å². The average Bonchev–Trinajstić information content (AvgIpc) is 2.52. The van der Waals surface area contributed by atoms with Crippen molar-refractivity contribution in [2.24, 2.45) is 0 Å². The van der Waals surface area contributed by atoms with Gasteiger partial charge in [-0.3, -0.25) is 9.88 Å². The third-order valence-corrected chi connectivity index (χ3v) is 4.60. The number of nitrogens with one attached hydrogen (secondary N) is 1. The quantitative estimate of drug-likeness (QED) is 0.712. The highest BCUT2D eigenvalue weighted by Gasteiger charge is 2.31. The molecule has 0 bridgehead atoms. The summed E-state index contributed by atoms with van der Waals surface area (Å²) >= 11 is 0. The molecule has 2 atom stereocenters. The molecule has 5 nitrogen and oxygen atoms in total. The van der Waals surface area contributed by atoms with Gasteiger partial charge in [0.1, 0.15) is 11.5 Å². The zero-order valence-corrected chi connectivity index (χ0v) is 13.4. The lowest BCUT2D eigenvalue weighted by atomic mass is 10.1. The smallest absolute Gasteiger partial charge is 0.346 e. The first-order valence-electron chi connectivity index (χ1n) is 6.92. The molecule has 0 saturated heterocycles. The van der Waals surface area contributed by atoms with Crippen molar-refractivity contribution in [3.63, 3.8) is 0 Å². The minimum Gasteiger partial charge on any atom is -0.497 e. The van der Waals surface area contributed by atoms with Crippen LogP contribution < -0.4 is 10.1 Å². The van der Waals surface area contributed by atoms with E-state index < -0.39 is 13.4 Å². The fraction of sp³-hybridized carbons (Fsp3) is 0.250. The van der Waals surface area contributed by atoms with Crippen molar-refractivity contribution in [3.05, 3.63) is 65.7 Å². The van der Waals surface area contributed by atoms with Crippen molar-refractivity contribution < 1.29 is 19.1 Å². The molecular weight excluding hydrogens is 301 g/mol. The van der Waals surface area contributed by atoms with Gasteiger partial charge in [0, 0.05) is 6.04 Å². The highest BCUT2D eigenvalue weighted by Crippen LogP contribution is 2.51. The molecule has 0 aliphatic rings. The molecular formula is C16H20NO4P. The van der Waals surface area contributed by atoms with Crippen LogP contribution in [0.25, 0.3) is 0 Å². The molecule has 0 unspecified atom stereocenters. The summed E-state index contributed by atoms with van der Waals surface area (Å²) in [5.74, 6) is -0.419. The molecule has 0 radical (unpaired) electrons. The van der Waals surface area contributed by atoms with Gasteiger partial charge in [-0.15, -0.1) is 0 Å². The van der Waals surface area contributed by atoms with E-state index in [0.717, 1.165) is 5.56 Å². The van der Waals surface area contributed by atoms with E-state index in [1.807, 2.05) is 37.3 Å². The lowest BCUT2D eigenvalue weighted by Crippen LogP contribution is -2.24. The van der Waals surface area contributed by atoms with Crippen LogP contribution in [0.1, 0.15) is 29.9 Å². The van der Waals surface area contributed by atoms with E-state index in [0.29, 0.717) is 11.3 Å². The van der Waals surface area contributed by atoms with Crippen molar-refractivity contribution in [3.8, 4) is 5.75 Å². The van der Waals surface area contributed by atoms with Crippen LogP contribution >= 0.6 is 7.60 Å². The fourth-order valence-corrected chi connectivity index (χ4v) is 3.23. The molecule has 6 heteroatoms. The van der Waals surface area contributed by atoms with Gasteiger partial charge in [-0.25, -0.2) is 0 Å². The molecule has 3 N–H and O–H groups in total. The molecule has 0 heterocycles. The summed E-state index contributed by atoms with van der Waals surface area (Å²) in [7, 11) is -2.80. The zero-order chi connectivity index (χ0) is 16.2. The van der Waals surface area contributed by atoms with Gasteiger partial charge >= 0.3 is 7.60 Å². The largest absolute Gasteiger partial charge is 0.497 e. The van der Waals surface area contributed by atoms with Gasteiger partial charge in [0.05, 0.1) is 7.11 Å². The average molecular weight is 321 g/mol. The summed E-state index contributed by atoms with van der Waals surface area (Å²) in [6.45, 7) is 1.88. The summed E-state index contributed by atoms with van der Waals surface area (Å²) in [4.78, 5) is 19.3. The number of hydrogen-bond acceptors (Lipinski definition) is 3. The molecule has 0 aromatic heterocycles. The maximum absolute atomic E-state index is 11.9. The number of hydrogen-bond donors (Lipinski definition) is 3. The van der Waals surface area contributed by atoms with E-state index in [-0.39, 0.29) is 6.04 Å². The second-order valence-electron chi connectivity index (χ2n) is 5.06. The van der Waals surface area contributed by atoms with E-state index in [1.54, 1.807) is 31.4 Å². The van der Waals surface area contributed by atoms with Gasteiger partial charge in [0.25, 0.3) is 0 Å². The number of ether oxygens (including phenoxy) is 1. The predicted molar refractivity (Wildman–Crippen MR) is 85.8 cm³/mol. The Hall–Kier alpha value is -1.65. The minimum absolute atomic E-state index is 0.194. The predicted octanol–water partition coefficient (Wildman–Crippen LogP) is 3.22. The van der Waals surface area contributed by atoms with Gasteiger partial charge < -0.3 is 14.5 Å². The second-order valence-corrected chi connectivity index (χ2v) is 6.76. The van der Waals surface area contributed by atoms with Crippen molar-refractivity contribution in [2.45, 2.75) is 18.7 Å². The molecule has 0 saturated carbocycles. The van der Waals surface area contributed by atoms with Crippen LogP contribution in [0.3, 0.4) is 0 Å². The SMILES string of the molecule is COc1ccc([C@H](N[C@@H](C)c2ccccc2)P(=O)(O)O)cc1. The molecule has 2 rings (SSSR count). The van der Waals surface area contributed by atoms with E-state index in [2.05, 4.69) is 5.32 Å². The van der Waals surface area contributed by atoms with Gasteiger partial charge in [0.2, 0.25) is 0 Å². The standard InChI is InChI=1S/C16H20NO4P/c1-12(13-6-4-3-5-7-13)17-16(22(18,19)20)14-8-10-15(21-2)11-9-14/h3-12,16-17H,1-2H3,(H2,18,19,20)/t12-,16+/m0/s1. The lowest BCUT2D eigenvalue weighted by Gasteiger charge is -2.25. The Morgan fingerprint density at radius 3 is 2.09 bits per heavy atom. The molecule has 0 spiro atoms. The van der Waals surface area contributed by atoms with Gasteiger partial charge in [-0.05, 0) is 30.2 Å². The fourth-order valence-electron chi connectivity index (χ4n) is 2.25. The van der Waals surface area contributed by atoms with E-state index in [9.17, 15) is 14.4 Å². The van der Waals surface area contributed by atoms with Crippen LogP contribution in [-0.4, -0.2) is 16.9 Å². The summed E-state index contributed by atoms with van der Waals surface area (Å²) in [6, 6.07) is 16.0. The van der Waals surface area contributed by atoms with Crippen LogP contribution in [0.4, 0.5) is 0 Å². The first kappa shape index (κ1) is 16.7. The highest BCUT2D eigenvalue weighted by atomic mass is 31.2. The molecule has 118 valence electrons. The normalized spacial score (nSPS) is 14.4. The monoisotopic (exact) mass is 321 g/mol.